The number of rotatable bonds is 3. The second-order valence-corrected chi connectivity index (χ2v) is 5.35. The van der Waals surface area contributed by atoms with Crippen LogP contribution < -0.4 is 5.32 Å². The van der Waals surface area contributed by atoms with Crippen LogP contribution in [0.3, 0.4) is 0 Å². The van der Waals surface area contributed by atoms with Crippen molar-refractivity contribution in [2.75, 3.05) is 13.1 Å². The van der Waals surface area contributed by atoms with Gasteiger partial charge in [0.25, 0.3) is 5.92 Å². The third kappa shape index (κ3) is 2.50. The van der Waals surface area contributed by atoms with Crippen LogP contribution in [-0.2, 0) is 5.92 Å². The fourth-order valence-corrected chi connectivity index (χ4v) is 2.93. The average molecular weight is 264 g/mol. The zero-order valence-electron chi connectivity index (χ0n) is 10.8. The maximum absolute atomic E-state index is 14.5. The topological polar surface area (TPSA) is 27.8 Å². The van der Waals surface area contributed by atoms with Gasteiger partial charge in [-0.05, 0) is 37.9 Å². The molecule has 0 amide bonds. The van der Waals surface area contributed by atoms with Gasteiger partial charge in [0, 0.05) is 29.1 Å². The monoisotopic (exact) mass is 264 g/mol. The Balaban J connectivity index is 1.86. The number of fused-ring (bicyclic) bond motifs is 1. The molecule has 0 bridgehead atoms. The summed E-state index contributed by atoms with van der Waals surface area (Å²) in [5, 5.41) is 3.85. The minimum absolute atomic E-state index is 0.0451. The molecule has 1 aromatic carbocycles. The Kier molecular flexibility index (Phi) is 3.27. The summed E-state index contributed by atoms with van der Waals surface area (Å²) in [6, 6.07) is 7.25. The van der Waals surface area contributed by atoms with Crippen molar-refractivity contribution in [1.29, 1.82) is 0 Å². The highest BCUT2D eigenvalue weighted by Gasteiger charge is 2.37. The van der Waals surface area contributed by atoms with Gasteiger partial charge >= 0.3 is 0 Å². The summed E-state index contributed by atoms with van der Waals surface area (Å²) in [6.07, 6.45) is 3.11. The molecule has 2 N–H and O–H groups in total. The summed E-state index contributed by atoms with van der Waals surface area (Å²) < 4.78 is 28.9. The molecule has 0 unspecified atom stereocenters. The Bertz CT molecular complexity index is 556. The number of halogens is 2. The Hall–Kier alpha value is -1.42. The van der Waals surface area contributed by atoms with Crippen LogP contribution in [0.5, 0.6) is 0 Å². The smallest absolute Gasteiger partial charge is 0.275 e. The predicted octanol–water partition coefficient (Wildman–Crippen LogP) is 3.65. The molecule has 19 heavy (non-hydrogen) atoms. The molecular weight excluding hydrogens is 246 g/mol. The Morgan fingerprint density at radius 3 is 2.68 bits per heavy atom. The van der Waals surface area contributed by atoms with Gasteiger partial charge in [-0.1, -0.05) is 18.2 Å². The molecule has 2 aromatic rings. The van der Waals surface area contributed by atoms with E-state index in [1.165, 1.54) is 6.20 Å². The van der Waals surface area contributed by atoms with Crippen molar-refractivity contribution in [3.63, 3.8) is 0 Å². The van der Waals surface area contributed by atoms with Crippen LogP contribution in [0.4, 0.5) is 8.78 Å². The van der Waals surface area contributed by atoms with Gasteiger partial charge in [0.15, 0.2) is 0 Å². The second-order valence-electron chi connectivity index (χ2n) is 5.35. The van der Waals surface area contributed by atoms with E-state index in [0.29, 0.717) is 5.39 Å². The molecule has 1 aliphatic heterocycles. The zero-order valence-corrected chi connectivity index (χ0v) is 10.8. The van der Waals surface area contributed by atoms with Gasteiger partial charge in [-0.15, -0.1) is 0 Å². The first-order valence-corrected chi connectivity index (χ1v) is 6.82. The molecule has 1 fully saturated rings. The summed E-state index contributed by atoms with van der Waals surface area (Å²) in [5.41, 5.74) is 0.920. The predicted molar refractivity (Wildman–Crippen MR) is 72.4 cm³/mol. The average Bonchev–Trinajstić information content (AvgIpc) is 2.84. The van der Waals surface area contributed by atoms with E-state index in [1.807, 2.05) is 12.1 Å². The number of hydrogen-bond acceptors (Lipinski definition) is 1. The van der Waals surface area contributed by atoms with Crippen LogP contribution in [0.25, 0.3) is 10.9 Å². The molecule has 0 atom stereocenters. The third-order valence-corrected chi connectivity index (χ3v) is 3.99. The Morgan fingerprint density at radius 1 is 1.16 bits per heavy atom. The summed E-state index contributed by atoms with van der Waals surface area (Å²) in [6.45, 7) is 1.71. The number of para-hydroxylation sites is 1. The van der Waals surface area contributed by atoms with Crippen molar-refractivity contribution >= 4 is 10.9 Å². The zero-order chi connectivity index (χ0) is 13.3. The first-order chi connectivity index (χ1) is 9.17. The molecular formula is C15H18F2N2. The summed E-state index contributed by atoms with van der Waals surface area (Å²) in [4.78, 5) is 2.94. The van der Waals surface area contributed by atoms with Crippen LogP contribution in [0, 0.1) is 5.92 Å². The molecule has 0 saturated carbocycles. The van der Waals surface area contributed by atoms with Crippen molar-refractivity contribution in [3.05, 3.63) is 36.0 Å². The Labute approximate surface area is 111 Å². The van der Waals surface area contributed by atoms with Crippen molar-refractivity contribution in [2.24, 2.45) is 5.92 Å². The normalized spacial score (nSPS) is 18.0. The van der Waals surface area contributed by atoms with E-state index in [0.717, 1.165) is 31.4 Å². The lowest BCUT2D eigenvalue weighted by atomic mass is 9.89. The molecule has 2 heterocycles. The van der Waals surface area contributed by atoms with Gasteiger partial charge in [0.05, 0.1) is 0 Å². The van der Waals surface area contributed by atoms with Gasteiger partial charge in [-0.25, -0.2) is 8.78 Å². The lowest BCUT2D eigenvalue weighted by Crippen LogP contribution is -2.30. The van der Waals surface area contributed by atoms with Crippen LogP contribution in [0.15, 0.2) is 30.5 Å². The molecule has 0 spiro atoms. The van der Waals surface area contributed by atoms with Crippen molar-refractivity contribution in [2.45, 2.75) is 25.2 Å². The lowest BCUT2D eigenvalue weighted by Gasteiger charge is -2.26. The molecule has 3 rings (SSSR count). The fraction of sp³-hybridized carbons (Fsp3) is 0.467. The van der Waals surface area contributed by atoms with E-state index in [9.17, 15) is 8.78 Å². The largest absolute Gasteiger partial charge is 0.361 e. The standard InChI is InChI=1S/C15H18F2N2/c16-15(17,9-11-5-7-18-8-6-11)13-10-19-14-4-2-1-3-12(13)14/h1-4,10-11,18-19H,5-9H2. The van der Waals surface area contributed by atoms with Crippen molar-refractivity contribution in [3.8, 4) is 0 Å². The molecule has 4 heteroatoms. The highest BCUT2D eigenvalue weighted by Crippen LogP contribution is 2.40. The number of aromatic nitrogens is 1. The maximum Gasteiger partial charge on any atom is 0.275 e. The highest BCUT2D eigenvalue weighted by molar-refractivity contribution is 5.83. The number of alkyl halides is 2. The molecule has 1 aromatic heterocycles. The van der Waals surface area contributed by atoms with Gasteiger partial charge < -0.3 is 10.3 Å². The third-order valence-electron chi connectivity index (χ3n) is 3.99. The molecule has 0 aliphatic carbocycles. The van der Waals surface area contributed by atoms with Crippen LogP contribution >= 0.6 is 0 Å². The van der Waals surface area contributed by atoms with Crippen LogP contribution in [0.1, 0.15) is 24.8 Å². The van der Waals surface area contributed by atoms with Gasteiger partial charge in [-0.2, -0.15) is 0 Å². The van der Waals surface area contributed by atoms with E-state index < -0.39 is 5.92 Å². The summed E-state index contributed by atoms with van der Waals surface area (Å²) in [5.74, 6) is -2.63. The number of aromatic amines is 1. The van der Waals surface area contributed by atoms with Gasteiger partial charge in [0.2, 0.25) is 0 Å². The van der Waals surface area contributed by atoms with E-state index >= 15 is 0 Å². The highest BCUT2D eigenvalue weighted by atomic mass is 19.3. The number of hydrogen-bond donors (Lipinski definition) is 2. The molecule has 2 nitrogen and oxygen atoms in total. The van der Waals surface area contributed by atoms with E-state index in [2.05, 4.69) is 10.3 Å². The number of H-pyrrole nitrogens is 1. The van der Waals surface area contributed by atoms with Gasteiger partial charge in [0.1, 0.15) is 0 Å². The SMILES string of the molecule is FC(F)(CC1CCNCC1)c1c[nH]c2ccccc12. The quantitative estimate of drug-likeness (QED) is 0.870. The van der Waals surface area contributed by atoms with E-state index in [1.54, 1.807) is 12.1 Å². The summed E-state index contributed by atoms with van der Waals surface area (Å²) in [7, 11) is 0. The minimum atomic E-state index is -2.75. The maximum atomic E-state index is 14.5. The summed E-state index contributed by atoms with van der Waals surface area (Å²) >= 11 is 0. The van der Waals surface area contributed by atoms with Crippen molar-refractivity contribution in [1.82, 2.24) is 10.3 Å². The molecule has 0 radical (unpaired) electrons. The molecule has 102 valence electrons. The molecule has 1 aliphatic rings. The number of nitrogens with one attached hydrogen (secondary N) is 2. The second kappa shape index (κ2) is 4.93. The van der Waals surface area contributed by atoms with Crippen molar-refractivity contribution < 1.29 is 8.78 Å². The minimum Gasteiger partial charge on any atom is -0.361 e. The lowest BCUT2D eigenvalue weighted by molar-refractivity contribution is -0.0312. The number of piperidine rings is 1. The number of benzene rings is 1. The first-order valence-electron chi connectivity index (χ1n) is 6.82. The fourth-order valence-electron chi connectivity index (χ4n) is 2.93. The first kappa shape index (κ1) is 12.6. The Morgan fingerprint density at radius 2 is 1.89 bits per heavy atom. The van der Waals surface area contributed by atoms with Crippen LogP contribution in [0.2, 0.25) is 0 Å². The van der Waals surface area contributed by atoms with E-state index in [-0.39, 0.29) is 17.9 Å². The van der Waals surface area contributed by atoms with Gasteiger partial charge in [-0.3, -0.25) is 0 Å². The van der Waals surface area contributed by atoms with Crippen LogP contribution in [-0.4, -0.2) is 18.1 Å². The molecule has 1 saturated heterocycles. The van der Waals surface area contributed by atoms with E-state index in [4.69, 9.17) is 0 Å².